The number of rotatable bonds is 8. The Labute approximate surface area is 105 Å². The molecule has 1 rings (SSSR count). The minimum Gasteiger partial charge on any atom is -0.368 e. The lowest BCUT2D eigenvalue weighted by atomic mass is 9.90. The lowest BCUT2D eigenvalue weighted by Crippen LogP contribution is -2.64. The highest BCUT2D eigenvalue weighted by atomic mass is 16.1. The number of hydrogen-bond donors (Lipinski definition) is 2. The minimum atomic E-state index is -0.528. The summed E-state index contributed by atoms with van der Waals surface area (Å²) in [6.45, 7) is 11.0. The molecule has 0 radical (unpaired) electrons. The summed E-state index contributed by atoms with van der Waals surface area (Å²) in [5, 5.41) is 3.44. The van der Waals surface area contributed by atoms with Gasteiger partial charge in [-0.15, -0.1) is 0 Å². The number of nitrogens with zero attached hydrogens (tertiary/aromatic N) is 1. The number of nitrogens with two attached hydrogens (primary N) is 1. The van der Waals surface area contributed by atoms with Crippen molar-refractivity contribution in [2.24, 2.45) is 11.7 Å². The van der Waals surface area contributed by atoms with Crippen LogP contribution in [0.2, 0.25) is 0 Å². The van der Waals surface area contributed by atoms with Crippen molar-refractivity contribution >= 4 is 5.91 Å². The summed E-state index contributed by atoms with van der Waals surface area (Å²) < 4.78 is 0. The summed E-state index contributed by atoms with van der Waals surface area (Å²) in [6.07, 6.45) is 2.23. The molecule has 1 fully saturated rings. The van der Waals surface area contributed by atoms with Gasteiger partial charge in [0.1, 0.15) is 5.54 Å². The van der Waals surface area contributed by atoms with Gasteiger partial charge in [-0.3, -0.25) is 10.1 Å². The van der Waals surface area contributed by atoms with Crippen molar-refractivity contribution in [2.75, 3.05) is 19.6 Å². The molecule has 4 nitrogen and oxygen atoms in total. The normalized spacial score (nSPS) is 19.6. The second-order valence-corrected chi connectivity index (χ2v) is 5.37. The van der Waals surface area contributed by atoms with Crippen molar-refractivity contribution in [3.63, 3.8) is 0 Å². The molecule has 17 heavy (non-hydrogen) atoms. The van der Waals surface area contributed by atoms with Gasteiger partial charge in [0.25, 0.3) is 0 Å². The first-order valence-electron chi connectivity index (χ1n) is 6.76. The molecule has 1 aliphatic rings. The van der Waals surface area contributed by atoms with Gasteiger partial charge in [0.2, 0.25) is 5.91 Å². The fraction of sp³-hybridized carbons (Fsp3) is 0.923. The second kappa shape index (κ2) is 5.83. The molecule has 0 bridgehead atoms. The summed E-state index contributed by atoms with van der Waals surface area (Å²) >= 11 is 0. The molecule has 0 spiro atoms. The molecule has 100 valence electrons. The van der Waals surface area contributed by atoms with E-state index in [-0.39, 0.29) is 11.9 Å². The van der Waals surface area contributed by atoms with Crippen LogP contribution in [0.4, 0.5) is 0 Å². The molecule has 0 saturated heterocycles. The molecule has 0 heterocycles. The van der Waals surface area contributed by atoms with Crippen LogP contribution < -0.4 is 11.1 Å². The molecule has 1 saturated carbocycles. The van der Waals surface area contributed by atoms with Gasteiger partial charge in [-0.05, 0) is 45.7 Å². The summed E-state index contributed by atoms with van der Waals surface area (Å²) in [5.74, 6) is 0.226. The van der Waals surface area contributed by atoms with Crippen LogP contribution in [0, 0.1) is 5.92 Å². The van der Waals surface area contributed by atoms with Gasteiger partial charge in [0.15, 0.2) is 0 Å². The van der Waals surface area contributed by atoms with Crippen molar-refractivity contribution in [1.82, 2.24) is 10.2 Å². The van der Waals surface area contributed by atoms with Gasteiger partial charge in [-0.25, -0.2) is 0 Å². The van der Waals surface area contributed by atoms with Crippen LogP contribution in [-0.2, 0) is 4.79 Å². The zero-order valence-corrected chi connectivity index (χ0v) is 11.6. The van der Waals surface area contributed by atoms with Crippen LogP contribution in [0.25, 0.3) is 0 Å². The van der Waals surface area contributed by atoms with E-state index in [9.17, 15) is 4.79 Å². The lowest BCUT2D eigenvalue weighted by molar-refractivity contribution is -0.126. The van der Waals surface area contributed by atoms with E-state index in [0.29, 0.717) is 5.92 Å². The van der Waals surface area contributed by atoms with Gasteiger partial charge in [-0.2, -0.15) is 0 Å². The zero-order valence-electron chi connectivity index (χ0n) is 11.6. The molecular weight excluding hydrogens is 214 g/mol. The van der Waals surface area contributed by atoms with Crippen molar-refractivity contribution in [2.45, 2.75) is 52.1 Å². The molecule has 4 heteroatoms. The smallest absolute Gasteiger partial charge is 0.239 e. The number of amides is 1. The highest BCUT2D eigenvalue weighted by Crippen LogP contribution is 2.40. The Hall–Kier alpha value is -0.610. The number of carbonyl (C=O) groups excluding carboxylic acids is 1. The van der Waals surface area contributed by atoms with Gasteiger partial charge in [0, 0.05) is 12.6 Å². The number of primary amides is 1. The number of nitrogens with one attached hydrogen (secondary N) is 1. The Morgan fingerprint density at radius 2 is 1.94 bits per heavy atom. The van der Waals surface area contributed by atoms with Crippen LogP contribution in [0.5, 0.6) is 0 Å². The number of likely N-dealkylation sites (N-methyl/N-ethyl adjacent to an activating group) is 1. The van der Waals surface area contributed by atoms with Gasteiger partial charge in [-0.1, -0.05) is 13.8 Å². The van der Waals surface area contributed by atoms with Crippen molar-refractivity contribution in [1.29, 1.82) is 0 Å². The SMILES string of the molecule is CCN(CC)CC(NC(C)C)(C(N)=O)C1CC1. The summed E-state index contributed by atoms with van der Waals surface area (Å²) in [5.41, 5.74) is 5.16. The molecule has 1 unspecified atom stereocenters. The van der Waals surface area contributed by atoms with E-state index in [1.807, 2.05) is 0 Å². The fourth-order valence-corrected chi connectivity index (χ4v) is 2.53. The Kier molecular flexibility index (Phi) is 4.95. The van der Waals surface area contributed by atoms with Gasteiger partial charge in [0.05, 0.1) is 0 Å². The highest BCUT2D eigenvalue weighted by molar-refractivity contribution is 5.86. The van der Waals surface area contributed by atoms with Crippen molar-refractivity contribution in [3.05, 3.63) is 0 Å². The third-order valence-corrected chi connectivity index (χ3v) is 3.63. The molecule has 0 aromatic heterocycles. The van der Waals surface area contributed by atoms with Crippen LogP contribution in [0.3, 0.4) is 0 Å². The summed E-state index contributed by atoms with van der Waals surface area (Å²) in [4.78, 5) is 14.2. The lowest BCUT2D eigenvalue weighted by Gasteiger charge is -2.38. The molecule has 1 aliphatic carbocycles. The molecule has 0 aliphatic heterocycles. The topological polar surface area (TPSA) is 58.4 Å². The first kappa shape index (κ1) is 14.5. The quantitative estimate of drug-likeness (QED) is 0.665. The summed E-state index contributed by atoms with van der Waals surface area (Å²) in [6, 6.07) is 0.277. The first-order chi connectivity index (χ1) is 7.96. The largest absolute Gasteiger partial charge is 0.368 e. The number of carbonyl (C=O) groups is 1. The van der Waals surface area contributed by atoms with Crippen molar-refractivity contribution < 1.29 is 4.79 Å². The monoisotopic (exact) mass is 241 g/mol. The Morgan fingerprint density at radius 3 is 2.24 bits per heavy atom. The molecule has 1 atom stereocenters. The van der Waals surface area contributed by atoms with Crippen LogP contribution in [0.15, 0.2) is 0 Å². The van der Waals surface area contributed by atoms with E-state index < -0.39 is 5.54 Å². The maximum Gasteiger partial charge on any atom is 0.239 e. The van der Waals surface area contributed by atoms with Crippen LogP contribution in [-0.4, -0.2) is 42.0 Å². The van der Waals surface area contributed by atoms with Crippen LogP contribution in [0.1, 0.15) is 40.5 Å². The molecule has 3 N–H and O–H groups in total. The van der Waals surface area contributed by atoms with E-state index in [0.717, 1.165) is 32.5 Å². The molecule has 0 aromatic rings. The standard InChI is InChI=1S/C13H27N3O/c1-5-16(6-2)9-13(12(14)17,11-7-8-11)15-10(3)4/h10-11,15H,5-9H2,1-4H3,(H2,14,17). The summed E-state index contributed by atoms with van der Waals surface area (Å²) in [7, 11) is 0. The first-order valence-corrected chi connectivity index (χ1v) is 6.76. The Balaban J connectivity index is 2.85. The third-order valence-electron chi connectivity index (χ3n) is 3.63. The fourth-order valence-electron chi connectivity index (χ4n) is 2.53. The van der Waals surface area contributed by atoms with E-state index in [2.05, 4.69) is 37.9 Å². The molecule has 0 aromatic carbocycles. The number of hydrogen-bond acceptors (Lipinski definition) is 3. The highest BCUT2D eigenvalue weighted by Gasteiger charge is 2.50. The predicted octanol–water partition coefficient (Wildman–Crippen LogP) is 0.960. The van der Waals surface area contributed by atoms with E-state index >= 15 is 0 Å². The van der Waals surface area contributed by atoms with E-state index in [1.54, 1.807) is 0 Å². The van der Waals surface area contributed by atoms with Gasteiger partial charge < -0.3 is 10.6 Å². The molecular formula is C13H27N3O. The van der Waals surface area contributed by atoms with Crippen LogP contribution >= 0.6 is 0 Å². The average molecular weight is 241 g/mol. The minimum absolute atomic E-state index is 0.194. The second-order valence-electron chi connectivity index (χ2n) is 5.37. The molecule has 1 amide bonds. The van der Waals surface area contributed by atoms with Crippen molar-refractivity contribution in [3.8, 4) is 0 Å². The predicted molar refractivity (Wildman–Crippen MR) is 70.7 cm³/mol. The average Bonchev–Trinajstić information content (AvgIpc) is 3.07. The van der Waals surface area contributed by atoms with E-state index in [4.69, 9.17) is 5.73 Å². The Morgan fingerprint density at radius 1 is 1.41 bits per heavy atom. The maximum atomic E-state index is 11.9. The third kappa shape index (κ3) is 3.42. The maximum absolute atomic E-state index is 11.9. The Bertz CT molecular complexity index is 259. The van der Waals surface area contributed by atoms with Gasteiger partial charge >= 0.3 is 0 Å². The zero-order chi connectivity index (χ0) is 13.1. The van der Waals surface area contributed by atoms with E-state index in [1.165, 1.54) is 0 Å².